The van der Waals surface area contributed by atoms with Crippen molar-refractivity contribution in [3.63, 3.8) is 0 Å². The molecule has 2 aromatic carbocycles. The molecule has 0 spiro atoms. The lowest BCUT2D eigenvalue weighted by atomic mass is 10.0. The van der Waals surface area contributed by atoms with Gasteiger partial charge in [-0.05, 0) is 54.8 Å². The summed E-state index contributed by atoms with van der Waals surface area (Å²) in [5.74, 6) is -0.487. The van der Waals surface area contributed by atoms with Gasteiger partial charge in [-0.15, -0.1) is 0 Å². The fraction of sp³-hybridized carbons (Fsp3) is 0.235. The van der Waals surface area contributed by atoms with Crippen LogP contribution in [0.3, 0.4) is 0 Å². The van der Waals surface area contributed by atoms with E-state index in [1.165, 1.54) is 5.56 Å². The first-order valence-corrected chi connectivity index (χ1v) is 7.04. The third kappa shape index (κ3) is 4.23. The quantitative estimate of drug-likeness (QED) is 0.907. The van der Waals surface area contributed by atoms with Gasteiger partial charge in [0.05, 0.1) is 0 Å². The molecule has 0 bridgehead atoms. The van der Waals surface area contributed by atoms with Crippen molar-refractivity contribution < 1.29 is 14.6 Å². The first-order valence-electron chi connectivity index (χ1n) is 6.67. The van der Waals surface area contributed by atoms with Crippen LogP contribution in [0.5, 0.6) is 5.75 Å². The van der Waals surface area contributed by atoms with Crippen LogP contribution < -0.4 is 4.74 Å². The Morgan fingerprint density at radius 2 is 1.81 bits per heavy atom. The molecule has 3 nitrogen and oxygen atoms in total. The van der Waals surface area contributed by atoms with Gasteiger partial charge in [0.2, 0.25) is 0 Å². The van der Waals surface area contributed by atoms with Crippen LogP contribution in [0.25, 0.3) is 0 Å². The van der Waals surface area contributed by atoms with Gasteiger partial charge in [0.15, 0.2) is 6.10 Å². The molecule has 2 rings (SSSR count). The highest BCUT2D eigenvalue weighted by Gasteiger charge is 2.20. The van der Waals surface area contributed by atoms with Gasteiger partial charge in [0.25, 0.3) is 0 Å². The highest BCUT2D eigenvalue weighted by Crippen LogP contribution is 2.19. The summed E-state index contributed by atoms with van der Waals surface area (Å²) in [6.45, 7) is 4.03. The van der Waals surface area contributed by atoms with Gasteiger partial charge in [-0.2, -0.15) is 0 Å². The van der Waals surface area contributed by atoms with Crippen molar-refractivity contribution in [2.75, 3.05) is 0 Å². The Kier molecular flexibility index (Phi) is 4.86. The number of halogens is 1. The molecule has 0 saturated carbocycles. The van der Waals surface area contributed by atoms with E-state index in [4.69, 9.17) is 16.3 Å². The monoisotopic (exact) mass is 304 g/mol. The molecule has 0 aliphatic heterocycles. The van der Waals surface area contributed by atoms with Crippen LogP contribution in [-0.2, 0) is 11.2 Å². The number of ether oxygens (including phenoxy) is 1. The van der Waals surface area contributed by atoms with Gasteiger partial charge >= 0.3 is 5.97 Å². The maximum atomic E-state index is 11.4. The van der Waals surface area contributed by atoms with E-state index in [-0.39, 0.29) is 0 Å². The van der Waals surface area contributed by atoms with Crippen LogP contribution in [0.2, 0.25) is 5.02 Å². The lowest BCUT2D eigenvalue weighted by Gasteiger charge is -2.16. The summed E-state index contributed by atoms with van der Waals surface area (Å²) >= 11 is 5.80. The molecular weight excluding hydrogens is 288 g/mol. The molecule has 110 valence electrons. The van der Waals surface area contributed by atoms with Crippen LogP contribution >= 0.6 is 11.6 Å². The third-order valence-electron chi connectivity index (χ3n) is 3.36. The number of hydrogen-bond donors (Lipinski definition) is 1. The number of hydrogen-bond acceptors (Lipinski definition) is 2. The predicted octanol–water partition coefficient (Wildman–Crippen LogP) is 4.03. The Balaban J connectivity index is 2.13. The zero-order valence-corrected chi connectivity index (χ0v) is 12.7. The summed E-state index contributed by atoms with van der Waals surface area (Å²) in [4.78, 5) is 11.4. The van der Waals surface area contributed by atoms with E-state index in [2.05, 4.69) is 0 Å². The highest BCUT2D eigenvalue weighted by atomic mass is 35.5. The van der Waals surface area contributed by atoms with Gasteiger partial charge < -0.3 is 9.84 Å². The lowest BCUT2D eigenvalue weighted by molar-refractivity contribution is -0.145. The SMILES string of the molecule is Cc1ccc(C[C@H](Oc2ccc(Cl)cc2)C(=O)O)cc1C. The van der Waals surface area contributed by atoms with Crippen molar-refractivity contribution in [3.8, 4) is 5.75 Å². The Hall–Kier alpha value is -2.00. The number of rotatable bonds is 5. The normalized spacial score (nSPS) is 12.0. The molecule has 21 heavy (non-hydrogen) atoms. The lowest BCUT2D eigenvalue weighted by Crippen LogP contribution is -2.29. The number of carboxylic acids is 1. The maximum absolute atomic E-state index is 11.4. The smallest absolute Gasteiger partial charge is 0.345 e. The Morgan fingerprint density at radius 1 is 1.14 bits per heavy atom. The predicted molar refractivity (Wildman–Crippen MR) is 83.1 cm³/mol. The second-order valence-corrected chi connectivity index (χ2v) is 5.46. The molecule has 0 fully saturated rings. The summed E-state index contributed by atoms with van der Waals surface area (Å²) in [6, 6.07) is 12.6. The van der Waals surface area contributed by atoms with E-state index in [1.807, 2.05) is 32.0 Å². The average Bonchev–Trinajstić information content (AvgIpc) is 2.44. The number of carboxylic acid groups (broad SMARTS) is 1. The molecule has 0 saturated heterocycles. The number of benzene rings is 2. The van der Waals surface area contributed by atoms with Gasteiger partial charge in [0, 0.05) is 11.4 Å². The third-order valence-corrected chi connectivity index (χ3v) is 3.61. The molecule has 0 aliphatic carbocycles. The highest BCUT2D eigenvalue weighted by molar-refractivity contribution is 6.30. The van der Waals surface area contributed by atoms with E-state index in [9.17, 15) is 9.90 Å². The summed E-state index contributed by atoms with van der Waals surface area (Å²) in [7, 11) is 0. The first kappa shape index (κ1) is 15.4. The molecule has 1 atom stereocenters. The zero-order chi connectivity index (χ0) is 15.4. The molecule has 1 N–H and O–H groups in total. The topological polar surface area (TPSA) is 46.5 Å². The Bertz CT molecular complexity index is 635. The number of aryl methyl sites for hydroxylation is 2. The minimum atomic E-state index is -0.983. The summed E-state index contributed by atoms with van der Waals surface area (Å²) < 4.78 is 5.55. The van der Waals surface area contributed by atoms with Crippen LogP contribution in [0.15, 0.2) is 42.5 Å². The van der Waals surface area contributed by atoms with Gasteiger partial charge in [-0.1, -0.05) is 29.8 Å². The molecular formula is C17H17ClO3. The van der Waals surface area contributed by atoms with E-state index < -0.39 is 12.1 Å². The van der Waals surface area contributed by atoms with E-state index in [1.54, 1.807) is 24.3 Å². The minimum Gasteiger partial charge on any atom is -0.478 e. The van der Waals surface area contributed by atoms with E-state index in [0.717, 1.165) is 11.1 Å². The second-order valence-electron chi connectivity index (χ2n) is 5.02. The zero-order valence-electron chi connectivity index (χ0n) is 12.0. The maximum Gasteiger partial charge on any atom is 0.345 e. The number of aliphatic carboxylic acids is 1. The summed E-state index contributed by atoms with van der Waals surface area (Å²) in [5.41, 5.74) is 3.27. The standard InChI is InChI=1S/C17H17ClO3/c1-11-3-4-13(9-12(11)2)10-16(17(19)20)21-15-7-5-14(18)6-8-15/h3-9,16H,10H2,1-2H3,(H,19,20)/t16-/m0/s1. The van der Waals surface area contributed by atoms with Crippen molar-refractivity contribution in [3.05, 3.63) is 64.2 Å². The molecule has 2 aromatic rings. The van der Waals surface area contributed by atoms with Crippen LogP contribution in [-0.4, -0.2) is 17.2 Å². The van der Waals surface area contributed by atoms with Crippen molar-refractivity contribution in [2.24, 2.45) is 0 Å². The Labute approximate surface area is 129 Å². The van der Waals surface area contributed by atoms with Crippen LogP contribution in [0.4, 0.5) is 0 Å². The summed E-state index contributed by atoms with van der Waals surface area (Å²) in [5, 5.41) is 9.91. The van der Waals surface area contributed by atoms with Crippen LogP contribution in [0, 0.1) is 13.8 Å². The number of carbonyl (C=O) groups is 1. The van der Waals surface area contributed by atoms with Crippen molar-refractivity contribution in [2.45, 2.75) is 26.4 Å². The minimum absolute atomic E-state index is 0.319. The fourth-order valence-corrected chi connectivity index (χ4v) is 2.13. The van der Waals surface area contributed by atoms with Crippen molar-refractivity contribution >= 4 is 17.6 Å². The molecule has 0 radical (unpaired) electrons. The molecule has 0 aliphatic rings. The van der Waals surface area contributed by atoms with Gasteiger partial charge in [0.1, 0.15) is 5.75 Å². The van der Waals surface area contributed by atoms with E-state index in [0.29, 0.717) is 17.2 Å². The van der Waals surface area contributed by atoms with Gasteiger partial charge in [-0.25, -0.2) is 4.79 Å². The molecule has 0 unspecified atom stereocenters. The molecule has 4 heteroatoms. The molecule has 0 amide bonds. The fourth-order valence-electron chi connectivity index (χ4n) is 2.00. The first-order chi connectivity index (χ1) is 9.95. The summed E-state index contributed by atoms with van der Waals surface area (Å²) in [6.07, 6.45) is -0.604. The van der Waals surface area contributed by atoms with Crippen molar-refractivity contribution in [1.29, 1.82) is 0 Å². The van der Waals surface area contributed by atoms with Gasteiger partial charge in [-0.3, -0.25) is 0 Å². The molecule has 0 heterocycles. The van der Waals surface area contributed by atoms with Crippen LogP contribution in [0.1, 0.15) is 16.7 Å². The molecule has 0 aromatic heterocycles. The van der Waals surface area contributed by atoms with Crippen molar-refractivity contribution in [1.82, 2.24) is 0 Å². The van der Waals surface area contributed by atoms with E-state index >= 15 is 0 Å². The average molecular weight is 305 g/mol. The largest absolute Gasteiger partial charge is 0.478 e. The second kappa shape index (κ2) is 6.64. The Morgan fingerprint density at radius 3 is 2.38 bits per heavy atom.